The Labute approximate surface area is 138 Å². The molecule has 1 atom stereocenters. The van der Waals surface area contributed by atoms with Gasteiger partial charge in [-0.3, -0.25) is 0 Å². The van der Waals surface area contributed by atoms with Gasteiger partial charge in [-0.05, 0) is 12.5 Å². The fraction of sp³-hybridized carbons (Fsp3) is 0.667. The molecule has 0 spiro atoms. The van der Waals surface area contributed by atoms with Crippen LogP contribution in [0.15, 0.2) is 18.5 Å². The van der Waals surface area contributed by atoms with E-state index in [1.807, 2.05) is 24.0 Å². The van der Waals surface area contributed by atoms with Crippen LogP contribution in [0.4, 0.5) is 5.82 Å². The molecule has 0 saturated carbocycles. The largest absolute Gasteiger partial charge is 0.381 e. The third kappa shape index (κ3) is 2.94. The molecule has 5 nitrogen and oxygen atoms in total. The molecule has 0 amide bonds. The second kappa shape index (κ2) is 5.48. The summed E-state index contributed by atoms with van der Waals surface area (Å²) in [6.45, 7) is 13.0. The summed E-state index contributed by atoms with van der Waals surface area (Å²) in [5.74, 6) is 1.03. The van der Waals surface area contributed by atoms with Gasteiger partial charge in [0.1, 0.15) is 5.52 Å². The van der Waals surface area contributed by atoms with Crippen LogP contribution in [0.5, 0.6) is 0 Å². The molecular formula is C18H28N4O. The second-order valence-corrected chi connectivity index (χ2v) is 8.28. The topological polar surface area (TPSA) is 42.7 Å². The summed E-state index contributed by atoms with van der Waals surface area (Å²) in [6.07, 6.45) is 5.10. The zero-order valence-electron chi connectivity index (χ0n) is 15.1. The van der Waals surface area contributed by atoms with Crippen molar-refractivity contribution in [3.8, 4) is 0 Å². The van der Waals surface area contributed by atoms with E-state index >= 15 is 0 Å². The first-order chi connectivity index (χ1) is 10.7. The van der Waals surface area contributed by atoms with Crippen molar-refractivity contribution in [2.45, 2.75) is 52.6 Å². The minimum atomic E-state index is 0.0333. The number of hydrogen-bond donors (Lipinski definition) is 0. The maximum Gasteiger partial charge on any atom is 0.154 e. The predicted molar refractivity (Wildman–Crippen MR) is 93.1 cm³/mol. The molecule has 1 aliphatic rings. The fourth-order valence-electron chi connectivity index (χ4n) is 3.47. The predicted octanol–water partition coefficient (Wildman–Crippen LogP) is 3.28. The second-order valence-electron chi connectivity index (χ2n) is 8.28. The highest BCUT2D eigenvalue weighted by Crippen LogP contribution is 2.35. The minimum absolute atomic E-state index is 0.0333. The smallest absolute Gasteiger partial charge is 0.154 e. The Bertz CT molecular complexity index is 699. The summed E-state index contributed by atoms with van der Waals surface area (Å²) >= 11 is 0. The minimum Gasteiger partial charge on any atom is -0.381 e. The monoisotopic (exact) mass is 316 g/mol. The lowest BCUT2D eigenvalue weighted by Crippen LogP contribution is -2.49. The highest BCUT2D eigenvalue weighted by Gasteiger charge is 2.37. The van der Waals surface area contributed by atoms with Gasteiger partial charge in [-0.2, -0.15) is 5.10 Å². The van der Waals surface area contributed by atoms with Crippen LogP contribution in [0.3, 0.4) is 0 Å². The van der Waals surface area contributed by atoms with Crippen LogP contribution >= 0.6 is 0 Å². The van der Waals surface area contributed by atoms with Crippen LogP contribution in [0.2, 0.25) is 0 Å². The SMILES string of the molecule is COC1CCN(c2nccn3nc(C(C)(C)C)cc23)CC1(C)C. The first-order valence-electron chi connectivity index (χ1n) is 8.35. The zero-order chi connectivity index (χ0) is 16.8. The van der Waals surface area contributed by atoms with E-state index in [-0.39, 0.29) is 10.8 Å². The van der Waals surface area contributed by atoms with E-state index in [0.29, 0.717) is 6.10 Å². The van der Waals surface area contributed by atoms with Crippen molar-refractivity contribution in [2.24, 2.45) is 5.41 Å². The molecule has 3 rings (SSSR count). The lowest BCUT2D eigenvalue weighted by atomic mass is 9.81. The molecule has 1 aliphatic heterocycles. The summed E-state index contributed by atoms with van der Waals surface area (Å²) in [7, 11) is 1.81. The third-order valence-electron chi connectivity index (χ3n) is 4.85. The molecule has 1 fully saturated rings. The molecule has 1 unspecified atom stereocenters. The quantitative estimate of drug-likeness (QED) is 0.853. The van der Waals surface area contributed by atoms with E-state index in [4.69, 9.17) is 9.84 Å². The van der Waals surface area contributed by atoms with Gasteiger partial charge >= 0.3 is 0 Å². The van der Waals surface area contributed by atoms with Crippen molar-refractivity contribution in [1.82, 2.24) is 14.6 Å². The third-order valence-corrected chi connectivity index (χ3v) is 4.85. The molecule has 126 valence electrons. The number of hydrogen-bond acceptors (Lipinski definition) is 4. The van der Waals surface area contributed by atoms with E-state index in [1.54, 1.807) is 0 Å². The molecule has 5 heteroatoms. The van der Waals surface area contributed by atoms with E-state index < -0.39 is 0 Å². The lowest BCUT2D eigenvalue weighted by Gasteiger charge is -2.44. The van der Waals surface area contributed by atoms with Gasteiger partial charge in [0.25, 0.3) is 0 Å². The van der Waals surface area contributed by atoms with Crippen LogP contribution < -0.4 is 4.90 Å². The van der Waals surface area contributed by atoms with Crippen LogP contribution in [-0.4, -0.2) is 40.9 Å². The Balaban J connectivity index is 1.99. The number of ether oxygens (including phenoxy) is 1. The van der Waals surface area contributed by atoms with E-state index in [2.05, 4.69) is 50.6 Å². The van der Waals surface area contributed by atoms with E-state index in [1.165, 1.54) is 0 Å². The highest BCUT2D eigenvalue weighted by molar-refractivity contribution is 5.69. The van der Waals surface area contributed by atoms with Gasteiger partial charge in [0, 0.05) is 43.4 Å². The van der Waals surface area contributed by atoms with Crippen molar-refractivity contribution in [1.29, 1.82) is 0 Å². The number of piperidine rings is 1. The van der Waals surface area contributed by atoms with Crippen LogP contribution in [0.1, 0.15) is 46.7 Å². The molecule has 0 aliphatic carbocycles. The summed E-state index contributed by atoms with van der Waals surface area (Å²) in [6, 6.07) is 2.18. The Hall–Kier alpha value is -1.62. The Morgan fingerprint density at radius 3 is 2.65 bits per heavy atom. The highest BCUT2D eigenvalue weighted by atomic mass is 16.5. The normalized spacial score (nSPS) is 21.8. The van der Waals surface area contributed by atoms with Crippen LogP contribution in [-0.2, 0) is 10.2 Å². The molecule has 0 bridgehead atoms. The summed E-state index contributed by atoms with van der Waals surface area (Å²) in [5.41, 5.74) is 2.32. The van der Waals surface area contributed by atoms with Gasteiger partial charge in [-0.1, -0.05) is 34.6 Å². The maximum atomic E-state index is 5.66. The standard InChI is InChI=1S/C18H28N4O/c1-17(2,3)14-11-13-16(19-8-10-22(13)20-14)21-9-7-15(23-6)18(4,5)12-21/h8,10-11,15H,7,9,12H2,1-6H3. The number of methoxy groups -OCH3 is 1. The van der Waals surface area contributed by atoms with Crippen molar-refractivity contribution in [3.63, 3.8) is 0 Å². The van der Waals surface area contributed by atoms with Crippen LogP contribution in [0.25, 0.3) is 5.52 Å². The molecule has 0 aromatic carbocycles. The van der Waals surface area contributed by atoms with Crippen molar-refractivity contribution >= 4 is 11.3 Å². The van der Waals surface area contributed by atoms with Gasteiger partial charge in [-0.15, -0.1) is 0 Å². The average molecular weight is 316 g/mol. The van der Waals surface area contributed by atoms with Crippen LogP contribution in [0, 0.1) is 5.41 Å². The van der Waals surface area contributed by atoms with Gasteiger partial charge in [0.15, 0.2) is 5.82 Å². The zero-order valence-corrected chi connectivity index (χ0v) is 15.1. The fourth-order valence-corrected chi connectivity index (χ4v) is 3.47. The summed E-state index contributed by atoms with van der Waals surface area (Å²) in [4.78, 5) is 7.04. The Morgan fingerprint density at radius 1 is 1.30 bits per heavy atom. The average Bonchev–Trinajstić information content (AvgIpc) is 2.90. The lowest BCUT2D eigenvalue weighted by molar-refractivity contribution is -0.00639. The number of nitrogens with zero attached hydrogens (tertiary/aromatic N) is 4. The summed E-state index contributed by atoms with van der Waals surface area (Å²) in [5, 5.41) is 4.73. The number of aromatic nitrogens is 3. The summed E-state index contributed by atoms with van der Waals surface area (Å²) < 4.78 is 7.62. The Morgan fingerprint density at radius 2 is 2.04 bits per heavy atom. The molecule has 2 aromatic heterocycles. The van der Waals surface area contributed by atoms with Gasteiger partial charge in [0.05, 0.1) is 11.8 Å². The van der Waals surface area contributed by atoms with Gasteiger partial charge in [0.2, 0.25) is 0 Å². The number of rotatable bonds is 2. The molecule has 1 saturated heterocycles. The van der Waals surface area contributed by atoms with E-state index in [9.17, 15) is 0 Å². The Kier molecular flexibility index (Phi) is 3.87. The number of fused-ring (bicyclic) bond motifs is 1. The molecule has 3 heterocycles. The van der Waals surface area contributed by atoms with Crippen molar-refractivity contribution in [2.75, 3.05) is 25.1 Å². The van der Waals surface area contributed by atoms with Gasteiger partial charge < -0.3 is 9.64 Å². The molecule has 23 heavy (non-hydrogen) atoms. The molecular weight excluding hydrogens is 288 g/mol. The van der Waals surface area contributed by atoms with Crippen molar-refractivity contribution < 1.29 is 4.74 Å². The first-order valence-corrected chi connectivity index (χ1v) is 8.35. The molecule has 2 aromatic rings. The first kappa shape index (κ1) is 16.2. The maximum absolute atomic E-state index is 5.66. The van der Waals surface area contributed by atoms with Crippen molar-refractivity contribution in [3.05, 3.63) is 24.2 Å². The van der Waals surface area contributed by atoms with Gasteiger partial charge in [-0.25, -0.2) is 9.50 Å². The molecule has 0 N–H and O–H groups in total. The molecule has 0 radical (unpaired) electrons. The van der Waals surface area contributed by atoms with E-state index in [0.717, 1.165) is 36.5 Å². The number of anilines is 1.